The predicted molar refractivity (Wildman–Crippen MR) is 79.1 cm³/mol. The Morgan fingerprint density at radius 1 is 1.32 bits per heavy atom. The summed E-state index contributed by atoms with van der Waals surface area (Å²) in [5.41, 5.74) is 0.551. The van der Waals surface area contributed by atoms with Crippen molar-refractivity contribution in [2.24, 2.45) is 0 Å². The SMILES string of the molecule is O=C(c1cc(=O)n(-c2ccccc2)[nH]1)N1CCOC[C@H](O)C1. The summed E-state index contributed by atoms with van der Waals surface area (Å²) < 4.78 is 6.52. The molecule has 0 radical (unpaired) electrons. The number of ether oxygens (including phenoxy) is 1. The van der Waals surface area contributed by atoms with Crippen LogP contribution < -0.4 is 5.56 Å². The number of aromatic nitrogens is 2. The fraction of sp³-hybridized carbons (Fsp3) is 0.333. The molecule has 0 unspecified atom stereocenters. The predicted octanol–water partition coefficient (Wildman–Crippen LogP) is -0.00110. The fourth-order valence-corrected chi connectivity index (χ4v) is 2.42. The van der Waals surface area contributed by atoms with E-state index in [4.69, 9.17) is 4.74 Å². The first-order chi connectivity index (χ1) is 10.6. The van der Waals surface area contributed by atoms with Crippen LogP contribution in [0.3, 0.4) is 0 Å². The number of β-amino-alcohol motifs (C(OH)–C–C–N with tert-alkyl or cyclic N) is 1. The average Bonchev–Trinajstić information content (AvgIpc) is 2.78. The van der Waals surface area contributed by atoms with E-state index in [1.165, 1.54) is 15.6 Å². The maximum absolute atomic E-state index is 12.5. The molecule has 2 aromatic rings. The Hall–Kier alpha value is -2.38. The molecule has 1 aromatic heterocycles. The summed E-state index contributed by atoms with van der Waals surface area (Å²) in [5, 5.41) is 12.5. The summed E-state index contributed by atoms with van der Waals surface area (Å²) in [4.78, 5) is 26.0. The number of aliphatic hydroxyl groups is 1. The molecule has 1 atom stereocenters. The van der Waals surface area contributed by atoms with Crippen LogP contribution in [0.15, 0.2) is 41.2 Å². The van der Waals surface area contributed by atoms with E-state index >= 15 is 0 Å². The lowest BCUT2D eigenvalue weighted by Crippen LogP contribution is -2.38. The molecule has 1 saturated heterocycles. The highest BCUT2D eigenvalue weighted by molar-refractivity contribution is 5.92. The average molecular weight is 303 g/mol. The van der Waals surface area contributed by atoms with Crippen molar-refractivity contribution in [2.75, 3.05) is 26.3 Å². The van der Waals surface area contributed by atoms with Gasteiger partial charge in [0.25, 0.3) is 11.5 Å². The smallest absolute Gasteiger partial charge is 0.272 e. The maximum Gasteiger partial charge on any atom is 0.272 e. The lowest BCUT2D eigenvalue weighted by atomic mass is 10.3. The fourth-order valence-electron chi connectivity index (χ4n) is 2.42. The van der Waals surface area contributed by atoms with Crippen LogP contribution in [0.1, 0.15) is 10.5 Å². The largest absolute Gasteiger partial charge is 0.389 e. The van der Waals surface area contributed by atoms with Crippen LogP contribution in [0.2, 0.25) is 0 Å². The number of hydrogen-bond acceptors (Lipinski definition) is 4. The number of rotatable bonds is 2. The number of H-pyrrole nitrogens is 1. The van der Waals surface area contributed by atoms with Crippen LogP contribution in [-0.4, -0.2) is 58.1 Å². The number of benzene rings is 1. The van der Waals surface area contributed by atoms with Crippen LogP contribution in [0, 0.1) is 0 Å². The number of nitrogens with zero attached hydrogens (tertiary/aromatic N) is 2. The summed E-state index contributed by atoms with van der Waals surface area (Å²) >= 11 is 0. The lowest BCUT2D eigenvalue weighted by Gasteiger charge is -2.20. The van der Waals surface area contributed by atoms with Gasteiger partial charge in [0, 0.05) is 19.2 Å². The second kappa shape index (κ2) is 6.17. The molecule has 0 aliphatic carbocycles. The molecule has 2 heterocycles. The van der Waals surface area contributed by atoms with E-state index in [-0.39, 0.29) is 30.3 Å². The first-order valence-corrected chi connectivity index (χ1v) is 7.08. The number of aromatic amines is 1. The number of nitrogens with one attached hydrogen (secondary N) is 1. The van der Waals surface area contributed by atoms with Crippen molar-refractivity contribution >= 4 is 5.91 Å². The first-order valence-electron chi connectivity index (χ1n) is 7.08. The van der Waals surface area contributed by atoms with E-state index in [1.54, 1.807) is 12.1 Å². The Morgan fingerprint density at radius 2 is 2.09 bits per heavy atom. The van der Waals surface area contributed by atoms with Gasteiger partial charge in [0.1, 0.15) is 5.69 Å². The zero-order chi connectivity index (χ0) is 15.5. The number of carbonyl (C=O) groups excluding carboxylic acids is 1. The minimum absolute atomic E-state index is 0.192. The minimum atomic E-state index is -0.714. The van der Waals surface area contributed by atoms with E-state index in [1.807, 2.05) is 18.2 Å². The Labute approximate surface area is 126 Å². The molecule has 1 aliphatic rings. The summed E-state index contributed by atoms with van der Waals surface area (Å²) in [6.45, 7) is 1.16. The Morgan fingerprint density at radius 3 is 2.86 bits per heavy atom. The minimum Gasteiger partial charge on any atom is -0.389 e. The lowest BCUT2D eigenvalue weighted by molar-refractivity contribution is 0.0532. The molecule has 2 N–H and O–H groups in total. The highest BCUT2D eigenvalue weighted by Gasteiger charge is 2.23. The van der Waals surface area contributed by atoms with Crippen LogP contribution >= 0.6 is 0 Å². The summed E-state index contributed by atoms with van der Waals surface area (Å²) in [6.07, 6.45) is -0.714. The van der Waals surface area contributed by atoms with Crippen LogP contribution in [-0.2, 0) is 4.74 Å². The van der Waals surface area contributed by atoms with Crippen LogP contribution in [0.5, 0.6) is 0 Å². The third-order valence-corrected chi connectivity index (χ3v) is 3.50. The van der Waals surface area contributed by atoms with E-state index in [2.05, 4.69) is 5.10 Å². The molecule has 0 bridgehead atoms. The molecule has 1 aromatic carbocycles. The van der Waals surface area contributed by atoms with Gasteiger partial charge < -0.3 is 14.7 Å². The normalized spacial score (nSPS) is 19.0. The van der Waals surface area contributed by atoms with Crippen molar-refractivity contribution in [1.82, 2.24) is 14.7 Å². The number of aliphatic hydroxyl groups excluding tert-OH is 1. The van der Waals surface area contributed by atoms with Gasteiger partial charge in [-0.2, -0.15) is 0 Å². The molecule has 116 valence electrons. The molecule has 22 heavy (non-hydrogen) atoms. The first kappa shape index (κ1) is 14.6. The zero-order valence-electron chi connectivity index (χ0n) is 11.9. The van der Waals surface area contributed by atoms with Gasteiger partial charge in [-0.25, -0.2) is 4.68 Å². The van der Waals surface area contributed by atoms with Crippen molar-refractivity contribution in [1.29, 1.82) is 0 Å². The molecule has 7 heteroatoms. The van der Waals surface area contributed by atoms with E-state index in [0.29, 0.717) is 18.8 Å². The standard InChI is InChI=1S/C15H17N3O4/c19-12-9-17(6-7-22-10-12)15(21)13-8-14(20)18(16-13)11-4-2-1-3-5-11/h1-5,8,12,16,19H,6-7,9-10H2/t12-/m1/s1. The molecular weight excluding hydrogens is 286 g/mol. The number of amides is 1. The second-order valence-corrected chi connectivity index (χ2v) is 5.16. The Kier molecular flexibility index (Phi) is 4.08. The van der Waals surface area contributed by atoms with Crippen LogP contribution in [0.4, 0.5) is 0 Å². The monoisotopic (exact) mass is 303 g/mol. The third-order valence-electron chi connectivity index (χ3n) is 3.50. The van der Waals surface area contributed by atoms with E-state index < -0.39 is 6.10 Å². The summed E-state index contributed by atoms with van der Waals surface area (Å²) in [5.74, 6) is -0.323. The molecule has 1 aliphatic heterocycles. The topological polar surface area (TPSA) is 87.6 Å². The molecular formula is C15H17N3O4. The molecule has 0 spiro atoms. The third kappa shape index (κ3) is 2.95. The van der Waals surface area contributed by atoms with Crippen molar-refractivity contribution < 1.29 is 14.6 Å². The van der Waals surface area contributed by atoms with Gasteiger partial charge in [-0.05, 0) is 12.1 Å². The van der Waals surface area contributed by atoms with E-state index in [0.717, 1.165) is 0 Å². The van der Waals surface area contributed by atoms with Gasteiger partial charge in [-0.1, -0.05) is 18.2 Å². The van der Waals surface area contributed by atoms with Gasteiger partial charge in [0.05, 0.1) is 25.0 Å². The van der Waals surface area contributed by atoms with Crippen molar-refractivity contribution in [3.8, 4) is 5.69 Å². The van der Waals surface area contributed by atoms with Crippen LogP contribution in [0.25, 0.3) is 5.69 Å². The summed E-state index contributed by atoms with van der Waals surface area (Å²) in [6, 6.07) is 10.3. The Balaban J connectivity index is 1.86. The van der Waals surface area contributed by atoms with Crippen molar-refractivity contribution in [3.05, 3.63) is 52.4 Å². The molecule has 3 rings (SSSR count). The van der Waals surface area contributed by atoms with Gasteiger partial charge in [-0.3, -0.25) is 14.7 Å². The summed E-state index contributed by atoms with van der Waals surface area (Å²) in [7, 11) is 0. The maximum atomic E-state index is 12.5. The molecule has 0 saturated carbocycles. The van der Waals surface area contributed by atoms with E-state index in [9.17, 15) is 14.7 Å². The number of hydrogen-bond donors (Lipinski definition) is 2. The second-order valence-electron chi connectivity index (χ2n) is 5.16. The van der Waals surface area contributed by atoms with Crippen molar-refractivity contribution in [3.63, 3.8) is 0 Å². The zero-order valence-corrected chi connectivity index (χ0v) is 11.9. The molecule has 1 amide bonds. The van der Waals surface area contributed by atoms with Gasteiger partial charge in [-0.15, -0.1) is 0 Å². The van der Waals surface area contributed by atoms with Gasteiger partial charge in [0.2, 0.25) is 0 Å². The Bertz CT molecular complexity index is 707. The number of para-hydroxylation sites is 1. The highest BCUT2D eigenvalue weighted by Crippen LogP contribution is 2.08. The van der Waals surface area contributed by atoms with Crippen molar-refractivity contribution in [2.45, 2.75) is 6.10 Å². The highest BCUT2D eigenvalue weighted by atomic mass is 16.5. The van der Waals surface area contributed by atoms with Gasteiger partial charge in [0.15, 0.2) is 0 Å². The van der Waals surface area contributed by atoms with Gasteiger partial charge >= 0.3 is 0 Å². The molecule has 1 fully saturated rings. The quantitative estimate of drug-likeness (QED) is 0.817. The number of carbonyl (C=O) groups is 1. The molecule has 7 nitrogen and oxygen atoms in total.